The Balaban J connectivity index is 1.50. The monoisotopic (exact) mass is 364 g/mol. The first-order valence-corrected chi connectivity index (χ1v) is 8.81. The summed E-state index contributed by atoms with van der Waals surface area (Å²) in [5, 5.41) is 7.76. The fourth-order valence-electron chi connectivity index (χ4n) is 3.61. The lowest BCUT2D eigenvalue weighted by Gasteiger charge is -2.19. The van der Waals surface area contributed by atoms with E-state index in [9.17, 15) is 4.79 Å². The molecule has 0 bridgehead atoms. The lowest BCUT2D eigenvalue weighted by atomic mass is 9.99. The van der Waals surface area contributed by atoms with Crippen molar-refractivity contribution in [3.8, 4) is 0 Å². The van der Waals surface area contributed by atoms with Gasteiger partial charge in [-0.05, 0) is 26.7 Å². The molecule has 1 unspecified atom stereocenters. The molecule has 140 valence electrons. The minimum Gasteiger partial charge on any atom is -0.381 e. The predicted molar refractivity (Wildman–Crippen MR) is 86.4 cm³/mol. The van der Waals surface area contributed by atoms with Crippen LogP contribution in [0, 0.1) is 13.8 Å². The highest BCUT2D eigenvalue weighted by Gasteiger charge is 2.47. The van der Waals surface area contributed by atoms with Crippen LogP contribution in [0.4, 0.5) is 4.39 Å². The third kappa shape index (κ3) is 2.90. The van der Waals surface area contributed by atoms with Crippen LogP contribution in [0.5, 0.6) is 0 Å². The molecule has 2 aromatic heterocycles. The summed E-state index contributed by atoms with van der Waals surface area (Å²) in [4.78, 5) is 18.5. The van der Waals surface area contributed by atoms with Gasteiger partial charge in [-0.15, -0.1) is 0 Å². The van der Waals surface area contributed by atoms with Gasteiger partial charge in [-0.1, -0.05) is 10.3 Å². The number of alkyl halides is 1. The van der Waals surface area contributed by atoms with Gasteiger partial charge < -0.3 is 18.7 Å². The van der Waals surface area contributed by atoms with Gasteiger partial charge in [0, 0.05) is 32.1 Å². The van der Waals surface area contributed by atoms with Crippen LogP contribution in [-0.4, -0.2) is 52.4 Å². The second-order valence-electron chi connectivity index (χ2n) is 6.99. The molecule has 0 aliphatic carbocycles. The number of amides is 1. The average molecular weight is 364 g/mol. The van der Waals surface area contributed by atoms with E-state index in [0.29, 0.717) is 36.1 Å². The third-order valence-electron chi connectivity index (χ3n) is 5.17. The highest BCUT2D eigenvalue weighted by atomic mass is 19.1. The van der Waals surface area contributed by atoms with Gasteiger partial charge >= 0.3 is 0 Å². The lowest BCUT2D eigenvalue weighted by Crippen LogP contribution is -2.33. The third-order valence-corrected chi connectivity index (χ3v) is 5.17. The number of ether oxygens (including phenoxy) is 1. The fraction of sp³-hybridized carbons (Fsp3) is 0.647. The molecule has 2 aromatic rings. The number of rotatable bonds is 3. The summed E-state index contributed by atoms with van der Waals surface area (Å²) >= 11 is 0. The molecule has 0 radical (unpaired) electrons. The Morgan fingerprint density at radius 1 is 1.23 bits per heavy atom. The SMILES string of the molecule is Cc1noc(C)c1C(=O)N1CCC(F)(c2nc(C3CCOCC3)no2)C1. The van der Waals surface area contributed by atoms with Gasteiger partial charge in [0.15, 0.2) is 5.82 Å². The largest absolute Gasteiger partial charge is 0.381 e. The molecule has 1 atom stereocenters. The zero-order valence-electron chi connectivity index (χ0n) is 14.8. The van der Waals surface area contributed by atoms with Crippen LogP contribution in [-0.2, 0) is 10.4 Å². The molecular formula is C17H21FN4O4. The van der Waals surface area contributed by atoms with Crippen LogP contribution in [0.25, 0.3) is 0 Å². The smallest absolute Gasteiger partial charge is 0.266 e. The fourth-order valence-corrected chi connectivity index (χ4v) is 3.61. The van der Waals surface area contributed by atoms with E-state index in [1.54, 1.807) is 13.8 Å². The van der Waals surface area contributed by atoms with E-state index in [2.05, 4.69) is 15.3 Å². The quantitative estimate of drug-likeness (QED) is 0.824. The van der Waals surface area contributed by atoms with E-state index < -0.39 is 5.67 Å². The maximum Gasteiger partial charge on any atom is 0.266 e. The molecule has 2 aliphatic rings. The zero-order chi connectivity index (χ0) is 18.3. The van der Waals surface area contributed by atoms with Crippen molar-refractivity contribution in [3.63, 3.8) is 0 Å². The van der Waals surface area contributed by atoms with Crippen LogP contribution in [0.3, 0.4) is 0 Å². The van der Waals surface area contributed by atoms with E-state index in [1.165, 1.54) is 4.90 Å². The summed E-state index contributed by atoms with van der Waals surface area (Å²) in [6.45, 7) is 4.81. The number of aromatic nitrogens is 3. The second-order valence-corrected chi connectivity index (χ2v) is 6.99. The molecule has 2 saturated heterocycles. The second kappa shape index (κ2) is 6.46. The van der Waals surface area contributed by atoms with E-state index in [-0.39, 0.29) is 37.2 Å². The molecule has 0 saturated carbocycles. The molecule has 2 fully saturated rings. The molecule has 9 heteroatoms. The number of hydrogen-bond donors (Lipinski definition) is 0. The predicted octanol–water partition coefficient (Wildman–Crippen LogP) is 2.28. The van der Waals surface area contributed by atoms with Crippen LogP contribution in [0.1, 0.15) is 58.7 Å². The Bertz CT molecular complexity index is 794. The number of aryl methyl sites for hydroxylation is 2. The summed E-state index contributed by atoms with van der Waals surface area (Å²) in [5.74, 6) is 0.753. The van der Waals surface area contributed by atoms with E-state index in [0.717, 1.165) is 12.8 Å². The van der Waals surface area contributed by atoms with Gasteiger partial charge in [0.2, 0.25) is 5.67 Å². The minimum absolute atomic E-state index is 0.0481. The number of halogens is 1. The molecule has 4 rings (SSSR count). The van der Waals surface area contributed by atoms with Gasteiger partial charge in [-0.25, -0.2) is 4.39 Å². The summed E-state index contributed by atoms with van der Waals surface area (Å²) in [6, 6.07) is 0. The molecule has 1 amide bonds. The van der Waals surface area contributed by atoms with Crippen molar-refractivity contribution in [3.05, 3.63) is 28.7 Å². The van der Waals surface area contributed by atoms with Crippen molar-refractivity contribution < 1.29 is 23.0 Å². The molecule has 0 aromatic carbocycles. The number of nitrogens with zero attached hydrogens (tertiary/aromatic N) is 4. The van der Waals surface area contributed by atoms with Crippen LogP contribution in [0.15, 0.2) is 9.05 Å². The number of carbonyl (C=O) groups is 1. The number of likely N-dealkylation sites (tertiary alicyclic amines) is 1. The maximum atomic E-state index is 15.4. The molecule has 0 spiro atoms. The van der Waals surface area contributed by atoms with Crippen LogP contribution >= 0.6 is 0 Å². The van der Waals surface area contributed by atoms with E-state index in [4.69, 9.17) is 13.8 Å². The Kier molecular flexibility index (Phi) is 4.26. The Morgan fingerprint density at radius 3 is 2.69 bits per heavy atom. The summed E-state index contributed by atoms with van der Waals surface area (Å²) < 4.78 is 31.0. The first kappa shape index (κ1) is 17.1. The van der Waals surface area contributed by atoms with Crippen molar-refractivity contribution in [2.75, 3.05) is 26.3 Å². The van der Waals surface area contributed by atoms with Gasteiger partial charge in [-0.3, -0.25) is 4.79 Å². The van der Waals surface area contributed by atoms with Gasteiger partial charge in [0.1, 0.15) is 11.3 Å². The topological polar surface area (TPSA) is 94.5 Å². The summed E-state index contributed by atoms with van der Waals surface area (Å²) in [5.41, 5.74) is -0.934. The minimum atomic E-state index is -1.83. The Labute approximate surface area is 149 Å². The van der Waals surface area contributed by atoms with Gasteiger partial charge in [-0.2, -0.15) is 4.98 Å². The molecule has 8 nitrogen and oxygen atoms in total. The molecule has 0 N–H and O–H groups in total. The maximum absolute atomic E-state index is 15.4. The number of hydrogen-bond acceptors (Lipinski definition) is 7. The van der Waals surface area contributed by atoms with Crippen LogP contribution < -0.4 is 0 Å². The highest BCUT2D eigenvalue weighted by Crippen LogP contribution is 2.37. The average Bonchev–Trinajstić information content (AvgIpc) is 3.35. The highest BCUT2D eigenvalue weighted by molar-refractivity contribution is 5.96. The van der Waals surface area contributed by atoms with Crippen molar-refractivity contribution in [1.29, 1.82) is 0 Å². The van der Waals surface area contributed by atoms with Crippen LogP contribution in [0.2, 0.25) is 0 Å². The normalized spacial score (nSPS) is 24.3. The first-order valence-electron chi connectivity index (χ1n) is 8.81. The van der Waals surface area contributed by atoms with Crippen molar-refractivity contribution in [2.24, 2.45) is 0 Å². The Morgan fingerprint density at radius 2 is 2.00 bits per heavy atom. The van der Waals surface area contributed by atoms with E-state index >= 15 is 4.39 Å². The van der Waals surface area contributed by atoms with Gasteiger partial charge in [0.25, 0.3) is 11.8 Å². The lowest BCUT2D eigenvalue weighted by molar-refractivity contribution is 0.0714. The first-order chi connectivity index (χ1) is 12.5. The van der Waals surface area contributed by atoms with Gasteiger partial charge in [0.05, 0.1) is 12.2 Å². The standard InChI is InChI=1S/C17H21FN4O4/c1-10-13(11(2)25-20-10)15(23)22-6-5-17(18,9-22)16-19-14(21-26-16)12-3-7-24-8-4-12/h12H,3-9H2,1-2H3. The molecule has 26 heavy (non-hydrogen) atoms. The summed E-state index contributed by atoms with van der Waals surface area (Å²) in [6.07, 6.45) is 1.72. The van der Waals surface area contributed by atoms with Crippen molar-refractivity contribution in [1.82, 2.24) is 20.2 Å². The number of carbonyl (C=O) groups excluding carboxylic acids is 1. The van der Waals surface area contributed by atoms with E-state index in [1.807, 2.05) is 0 Å². The Hall–Kier alpha value is -2.29. The van der Waals surface area contributed by atoms with Crippen molar-refractivity contribution >= 4 is 5.91 Å². The molecule has 2 aliphatic heterocycles. The summed E-state index contributed by atoms with van der Waals surface area (Å²) in [7, 11) is 0. The molecular weight excluding hydrogens is 343 g/mol. The zero-order valence-corrected chi connectivity index (χ0v) is 14.8. The van der Waals surface area contributed by atoms with Crippen molar-refractivity contribution in [2.45, 2.75) is 44.7 Å². The molecule has 4 heterocycles.